The molecule has 1 aliphatic rings. The summed E-state index contributed by atoms with van der Waals surface area (Å²) in [5.74, 6) is -1.11. The monoisotopic (exact) mass is 408 g/mol. The van der Waals surface area contributed by atoms with Crippen LogP contribution in [0.2, 0.25) is 4.34 Å². The van der Waals surface area contributed by atoms with Crippen LogP contribution in [0.4, 0.5) is 0 Å². The van der Waals surface area contributed by atoms with E-state index >= 15 is 0 Å². The fraction of sp³-hybridized carbons (Fsp3) is 0.250. The lowest BCUT2D eigenvalue weighted by molar-refractivity contribution is 0.00511. The van der Waals surface area contributed by atoms with Crippen molar-refractivity contribution in [1.82, 2.24) is 19.8 Å². The predicted octanol–water partition coefficient (Wildman–Crippen LogP) is 1.82. The zero-order valence-corrected chi connectivity index (χ0v) is 15.3. The van der Waals surface area contributed by atoms with Crippen LogP contribution in [-0.4, -0.2) is 61.1 Å². The van der Waals surface area contributed by atoms with Crippen molar-refractivity contribution in [3.05, 3.63) is 45.7 Å². The van der Waals surface area contributed by atoms with E-state index in [0.717, 1.165) is 4.88 Å². The summed E-state index contributed by atoms with van der Waals surface area (Å²) in [6.45, 7) is 0.479. The molecule has 0 spiro atoms. The Morgan fingerprint density at radius 1 is 1.33 bits per heavy atom. The molecule has 1 fully saturated rings. The van der Waals surface area contributed by atoms with E-state index < -0.39 is 18.0 Å². The van der Waals surface area contributed by atoms with Gasteiger partial charge in [-0.1, -0.05) is 16.8 Å². The van der Waals surface area contributed by atoms with E-state index in [0.29, 0.717) is 15.8 Å². The molecule has 1 aliphatic heterocycles. The normalized spacial score (nSPS) is 14.4. The number of carboxylic acids is 1. The molecule has 0 unspecified atom stereocenters. The summed E-state index contributed by atoms with van der Waals surface area (Å²) in [5, 5.41) is 26.5. The molecule has 11 heteroatoms. The number of aliphatic hydroxyl groups is 1. The van der Waals surface area contributed by atoms with Gasteiger partial charge in [0.2, 0.25) is 0 Å². The molecule has 1 amide bonds. The van der Waals surface area contributed by atoms with Gasteiger partial charge in [0.25, 0.3) is 5.91 Å². The van der Waals surface area contributed by atoms with Gasteiger partial charge in [-0.2, -0.15) is 5.10 Å². The molecule has 3 aromatic rings. The lowest BCUT2D eigenvalue weighted by Crippen LogP contribution is -2.53. The highest BCUT2D eigenvalue weighted by molar-refractivity contribution is 7.19. The van der Waals surface area contributed by atoms with Gasteiger partial charge in [0, 0.05) is 25.2 Å². The largest absolute Gasteiger partial charge is 0.476 e. The van der Waals surface area contributed by atoms with Crippen molar-refractivity contribution in [1.29, 1.82) is 0 Å². The standard InChI is InChI=1S/C16H13ClN4O5S/c17-14-2-1-13(27-14)12-3-8(19-26-12)5-21-11(4-10(18-21)16(24)25)15(23)20-6-9(22)7-20/h1-4,9,22H,5-7H2,(H,24,25). The molecular weight excluding hydrogens is 396 g/mol. The molecule has 0 aromatic carbocycles. The number of nitrogens with zero attached hydrogens (tertiary/aromatic N) is 4. The quantitative estimate of drug-likeness (QED) is 0.660. The van der Waals surface area contributed by atoms with Gasteiger partial charge in [0.05, 0.1) is 21.9 Å². The Morgan fingerprint density at radius 2 is 2.11 bits per heavy atom. The fourth-order valence-electron chi connectivity index (χ4n) is 2.70. The van der Waals surface area contributed by atoms with Crippen LogP contribution in [0.25, 0.3) is 10.6 Å². The molecule has 0 bridgehead atoms. The van der Waals surface area contributed by atoms with Crippen molar-refractivity contribution >= 4 is 34.8 Å². The highest BCUT2D eigenvalue weighted by atomic mass is 35.5. The number of rotatable bonds is 5. The molecule has 140 valence electrons. The second kappa shape index (κ2) is 6.80. The Kier molecular flexibility index (Phi) is 4.46. The molecule has 27 heavy (non-hydrogen) atoms. The average Bonchev–Trinajstić information content (AvgIpc) is 3.31. The first-order valence-corrected chi connectivity index (χ1v) is 9.10. The number of carboxylic acid groups (broad SMARTS) is 1. The Balaban J connectivity index is 1.60. The van der Waals surface area contributed by atoms with Crippen LogP contribution in [0, 0.1) is 0 Å². The number of thiophene rings is 1. The van der Waals surface area contributed by atoms with Gasteiger partial charge in [-0.25, -0.2) is 4.79 Å². The average molecular weight is 409 g/mol. The molecule has 0 atom stereocenters. The highest BCUT2D eigenvalue weighted by Gasteiger charge is 2.32. The SMILES string of the molecule is O=C(O)c1cc(C(=O)N2CC(O)C2)n(Cc2cc(-c3ccc(Cl)s3)on2)n1. The second-order valence-corrected chi connectivity index (χ2v) is 7.74. The van der Waals surface area contributed by atoms with E-state index in [2.05, 4.69) is 10.3 Å². The Labute approximate surface area is 161 Å². The van der Waals surface area contributed by atoms with Gasteiger partial charge in [-0.3, -0.25) is 9.48 Å². The van der Waals surface area contributed by atoms with Crippen LogP contribution >= 0.6 is 22.9 Å². The van der Waals surface area contributed by atoms with Crippen LogP contribution in [0.5, 0.6) is 0 Å². The van der Waals surface area contributed by atoms with E-state index in [9.17, 15) is 19.8 Å². The number of aromatic nitrogens is 3. The Bertz CT molecular complexity index is 1020. The maximum absolute atomic E-state index is 12.6. The van der Waals surface area contributed by atoms with Gasteiger partial charge in [-0.15, -0.1) is 11.3 Å². The van der Waals surface area contributed by atoms with Gasteiger partial charge in [0.15, 0.2) is 11.5 Å². The fourth-order valence-corrected chi connectivity index (χ4v) is 3.69. The van der Waals surface area contributed by atoms with Crippen LogP contribution in [-0.2, 0) is 6.54 Å². The third-order valence-corrected chi connectivity index (χ3v) is 5.30. The summed E-state index contributed by atoms with van der Waals surface area (Å²) < 4.78 is 7.19. The van der Waals surface area contributed by atoms with Crippen LogP contribution in [0.15, 0.2) is 28.8 Å². The molecule has 2 N–H and O–H groups in total. The molecule has 0 radical (unpaired) electrons. The number of aromatic carboxylic acids is 1. The van der Waals surface area contributed by atoms with Gasteiger partial charge >= 0.3 is 5.97 Å². The number of aliphatic hydroxyl groups excluding tert-OH is 1. The van der Waals surface area contributed by atoms with Crippen molar-refractivity contribution in [2.45, 2.75) is 12.6 Å². The zero-order valence-electron chi connectivity index (χ0n) is 13.7. The number of amides is 1. The summed E-state index contributed by atoms with van der Waals surface area (Å²) in [6.07, 6.45) is -0.556. The van der Waals surface area contributed by atoms with Crippen molar-refractivity contribution in [2.24, 2.45) is 0 Å². The second-order valence-electron chi connectivity index (χ2n) is 6.03. The summed E-state index contributed by atoms with van der Waals surface area (Å²) in [7, 11) is 0. The van der Waals surface area contributed by atoms with E-state index in [1.54, 1.807) is 18.2 Å². The summed E-state index contributed by atoms with van der Waals surface area (Å²) >= 11 is 7.26. The van der Waals surface area contributed by atoms with E-state index in [1.165, 1.54) is 27.0 Å². The summed E-state index contributed by atoms with van der Waals surface area (Å²) in [6, 6.07) is 6.45. The third-order valence-electron chi connectivity index (χ3n) is 4.05. The number of β-amino-alcohol motifs (C(OH)–C–C–N with tert-alkyl or cyclic N) is 1. The zero-order chi connectivity index (χ0) is 19.1. The van der Waals surface area contributed by atoms with Crippen molar-refractivity contribution in [3.63, 3.8) is 0 Å². The predicted molar refractivity (Wildman–Crippen MR) is 95.0 cm³/mol. The highest BCUT2D eigenvalue weighted by Crippen LogP contribution is 2.31. The van der Waals surface area contributed by atoms with Gasteiger partial charge in [-0.05, 0) is 12.1 Å². The van der Waals surface area contributed by atoms with E-state index in [1.807, 2.05) is 0 Å². The smallest absolute Gasteiger partial charge is 0.356 e. The first kappa shape index (κ1) is 17.7. The third kappa shape index (κ3) is 3.46. The molecular formula is C16H13ClN4O5S. The molecule has 0 saturated carbocycles. The Hall–Kier alpha value is -2.69. The summed E-state index contributed by atoms with van der Waals surface area (Å²) in [4.78, 5) is 26.0. The number of hydrogen-bond donors (Lipinski definition) is 2. The van der Waals surface area contributed by atoms with Gasteiger partial charge < -0.3 is 19.6 Å². The lowest BCUT2D eigenvalue weighted by atomic mass is 10.1. The number of carbonyl (C=O) groups excluding carboxylic acids is 1. The van der Waals surface area contributed by atoms with Crippen molar-refractivity contribution in [2.75, 3.05) is 13.1 Å². The first-order chi connectivity index (χ1) is 12.9. The number of likely N-dealkylation sites (tertiary alicyclic amines) is 1. The molecule has 3 aromatic heterocycles. The minimum absolute atomic E-state index is 0.0629. The molecule has 9 nitrogen and oxygen atoms in total. The van der Waals surface area contributed by atoms with E-state index in [-0.39, 0.29) is 31.0 Å². The van der Waals surface area contributed by atoms with Gasteiger partial charge in [0.1, 0.15) is 11.4 Å². The van der Waals surface area contributed by atoms with Crippen molar-refractivity contribution < 1.29 is 24.3 Å². The van der Waals surface area contributed by atoms with Crippen LogP contribution in [0.1, 0.15) is 26.7 Å². The molecule has 1 saturated heterocycles. The Morgan fingerprint density at radius 3 is 2.74 bits per heavy atom. The maximum atomic E-state index is 12.6. The maximum Gasteiger partial charge on any atom is 0.356 e. The topological polar surface area (TPSA) is 122 Å². The minimum Gasteiger partial charge on any atom is -0.476 e. The number of carbonyl (C=O) groups is 2. The molecule has 4 heterocycles. The van der Waals surface area contributed by atoms with E-state index in [4.69, 9.17) is 16.1 Å². The van der Waals surface area contributed by atoms with Crippen LogP contribution < -0.4 is 0 Å². The molecule has 0 aliphatic carbocycles. The molecule has 4 rings (SSSR count). The number of hydrogen-bond acceptors (Lipinski definition) is 7. The summed E-state index contributed by atoms with van der Waals surface area (Å²) in [5.41, 5.74) is 0.350. The lowest BCUT2D eigenvalue weighted by Gasteiger charge is -2.35. The van der Waals surface area contributed by atoms with Crippen LogP contribution in [0.3, 0.4) is 0 Å². The minimum atomic E-state index is -1.24. The van der Waals surface area contributed by atoms with Crippen molar-refractivity contribution in [3.8, 4) is 10.6 Å². The first-order valence-electron chi connectivity index (χ1n) is 7.90. The number of halogens is 1.